The summed E-state index contributed by atoms with van der Waals surface area (Å²) in [6, 6.07) is 7.83. The number of hydrogen-bond acceptors (Lipinski definition) is 11. The van der Waals surface area contributed by atoms with Gasteiger partial charge < -0.3 is 30.9 Å². The minimum atomic E-state index is -4.22. The van der Waals surface area contributed by atoms with Crippen LogP contribution in [0.15, 0.2) is 61.2 Å². The molecule has 0 aliphatic rings. The summed E-state index contributed by atoms with van der Waals surface area (Å²) in [6.45, 7) is -2.97. The molecule has 2 aromatic carbocycles. The number of carboxylic acid groups (broad SMARTS) is 1. The number of carbonyl (C=O) groups is 4. The summed E-state index contributed by atoms with van der Waals surface area (Å²) in [5.41, 5.74) is 1.54. The summed E-state index contributed by atoms with van der Waals surface area (Å²) in [6.07, 6.45) is 5.25. The van der Waals surface area contributed by atoms with E-state index in [0.29, 0.717) is 15.8 Å². The second kappa shape index (κ2) is 28.4. The topological polar surface area (TPSA) is 189 Å². The van der Waals surface area contributed by atoms with Gasteiger partial charge in [0.05, 0.1) is 37.7 Å². The number of ether oxygens (including phenoxy) is 2. The van der Waals surface area contributed by atoms with Crippen LogP contribution < -0.4 is 143 Å². The molecular weight excluding hydrogens is 775 g/mol. The van der Waals surface area contributed by atoms with Crippen LogP contribution in [0, 0.1) is 11.6 Å². The Hall–Kier alpha value is -1.16. The molecule has 258 valence electrons. The standard InChI is InChI=1S/C12H9F3N2O2.C11H9FN2O2.C2HClF2O2.CH2O3.CH4.2K.Na.H/c1-19-11(18)7-2-3-9(10(13)4-7)8-5-16-17(6-8)12(14)15;1-16-11(15)7-2-3-9(10(12)4-7)8-5-13-14-6-8;3-2(4,5)1(6)7;2-1-4-3;;;;;/h2-6,12H,1H3;2-6H,1H3,(H,13,14);(H,6,7);1,3H;1H4;;;;/q;;;;;3*+1;-1/p-2. The summed E-state index contributed by atoms with van der Waals surface area (Å²) in [7, 11) is 2.44. The number of nitrogens with one attached hydrogen (secondary N) is 1. The molecule has 1 N–H and O–H groups in total. The zero-order valence-electron chi connectivity index (χ0n) is 27.1. The van der Waals surface area contributed by atoms with Crippen molar-refractivity contribution >= 4 is 36.0 Å². The van der Waals surface area contributed by atoms with Crippen molar-refractivity contribution in [1.82, 2.24) is 20.0 Å². The summed E-state index contributed by atoms with van der Waals surface area (Å²) in [5.74, 6) is -5.00. The third-order valence-corrected chi connectivity index (χ3v) is 5.13. The second-order valence-electron chi connectivity index (χ2n) is 7.82. The maximum atomic E-state index is 13.8. The van der Waals surface area contributed by atoms with Gasteiger partial charge in [-0.25, -0.2) is 23.1 Å². The monoisotopic (exact) mass is 798 g/mol. The number of esters is 2. The van der Waals surface area contributed by atoms with Gasteiger partial charge in [-0.15, -0.1) is 0 Å². The van der Waals surface area contributed by atoms with Crippen molar-refractivity contribution in [2.75, 3.05) is 14.2 Å². The fraction of sp³-hybridized carbons (Fsp3) is 0.185. The predicted molar refractivity (Wildman–Crippen MR) is 146 cm³/mol. The van der Waals surface area contributed by atoms with Gasteiger partial charge in [-0.2, -0.15) is 27.8 Å². The van der Waals surface area contributed by atoms with Crippen molar-refractivity contribution in [3.05, 3.63) is 83.9 Å². The number of methoxy groups -OCH3 is 2. The number of hydrogen-bond donors (Lipinski definition) is 1. The van der Waals surface area contributed by atoms with Crippen molar-refractivity contribution < 1.29 is 204 Å². The molecule has 0 bridgehead atoms. The molecule has 2 heterocycles. The Kier molecular flexibility index (Phi) is 31.5. The number of aromatic amines is 1. The van der Waals surface area contributed by atoms with E-state index < -0.39 is 41.5 Å². The van der Waals surface area contributed by atoms with Gasteiger partial charge in [-0.05, 0) is 35.9 Å². The van der Waals surface area contributed by atoms with Gasteiger partial charge >= 0.3 is 156 Å². The van der Waals surface area contributed by atoms with E-state index in [9.17, 15) is 35.9 Å². The number of halogens is 7. The molecule has 0 saturated carbocycles. The van der Waals surface area contributed by atoms with E-state index in [0.717, 1.165) is 24.5 Å². The Bertz CT molecular complexity index is 1630. The zero-order valence-corrected chi connectivity index (χ0v) is 35.1. The van der Waals surface area contributed by atoms with Crippen molar-refractivity contribution in [2.24, 2.45) is 0 Å². The fourth-order valence-electron chi connectivity index (χ4n) is 2.97. The normalized spacial score (nSPS) is 9.34. The zero-order chi connectivity index (χ0) is 35.0. The fourth-order valence-corrected chi connectivity index (χ4v) is 2.97. The number of alkyl halides is 5. The molecule has 0 amide bonds. The van der Waals surface area contributed by atoms with Crippen molar-refractivity contribution in [3.63, 3.8) is 0 Å². The van der Waals surface area contributed by atoms with Gasteiger partial charge in [-0.3, -0.25) is 9.89 Å². The molecule has 2 aromatic heterocycles. The minimum Gasteiger partial charge on any atom is -1.00 e. The molecule has 0 atom stereocenters. The molecule has 0 fully saturated rings. The predicted octanol–water partition coefficient (Wildman–Crippen LogP) is -5.36. The Morgan fingerprint density at radius 1 is 0.960 bits per heavy atom. The third kappa shape index (κ3) is 19.1. The van der Waals surface area contributed by atoms with Gasteiger partial charge in [0.25, 0.3) is 6.47 Å². The molecule has 4 aromatic rings. The van der Waals surface area contributed by atoms with Gasteiger partial charge in [0.1, 0.15) is 17.6 Å². The molecule has 0 saturated heterocycles. The Labute approximate surface area is 393 Å². The molecule has 0 unspecified atom stereocenters. The van der Waals surface area contributed by atoms with Crippen molar-refractivity contribution in [1.29, 1.82) is 0 Å². The number of carboxylic acids is 1. The largest absolute Gasteiger partial charge is 1.00 e. The van der Waals surface area contributed by atoms with Crippen LogP contribution in [0.3, 0.4) is 0 Å². The van der Waals surface area contributed by atoms with E-state index in [1.165, 1.54) is 44.7 Å². The second-order valence-corrected chi connectivity index (χ2v) is 8.30. The summed E-state index contributed by atoms with van der Waals surface area (Å²) in [4.78, 5) is 42.6. The number of aromatic nitrogens is 4. The van der Waals surface area contributed by atoms with Crippen LogP contribution in [-0.2, 0) is 24.0 Å². The molecule has 13 nitrogen and oxygen atoms in total. The molecular formula is C27H24ClF6K2N4NaO9. The maximum Gasteiger partial charge on any atom is 1.00 e. The number of nitrogens with zero attached hydrogens (tertiary/aromatic N) is 3. The van der Waals surface area contributed by atoms with Crippen LogP contribution in [0.2, 0.25) is 0 Å². The van der Waals surface area contributed by atoms with E-state index in [1.54, 1.807) is 6.20 Å². The molecule has 0 aliphatic heterocycles. The van der Waals surface area contributed by atoms with E-state index in [1.807, 2.05) is 0 Å². The van der Waals surface area contributed by atoms with Crippen molar-refractivity contribution in [3.8, 4) is 22.3 Å². The van der Waals surface area contributed by atoms with E-state index in [2.05, 4.69) is 41.3 Å². The number of rotatable bonds is 7. The van der Waals surface area contributed by atoms with Crippen LogP contribution >= 0.6 is 11.6 Å². The summed E-state index contributed by atoms with van der Waals surface area (Å²) < 4.78 is 83.5. The minimum absolute atomic E-state index is 0. The quantitative estimate of drug-likeness (QED) is 0.0358. The molecule has 50 heavy (non-hydrogen) atoms. The van der Waals surface area contributed by atoms with Crippen LogP contribution in [0.25, 0.3) is 22.3 Å². The van der Waals surface area contributed by atoms with Gasteiger partial charge in [0, 0.05) is 34.6 Å². The molecule has 0 aliphatic carbocycles. The first-order valence-electron chi connectivity index (χ1n) is 11.7. The molecule has 23 heteroatoms. The van der Waals surface area contributed by atoms with Gasteiger partial charge in [-0.1, -0.05) is 19.6 Å². The van der Waals surface area contributed by atoms with E-state index in [-0.39, 0.29) is 170 Å². The molecule has 4 rings (SSSR count). The van der Waals surface area contributed by atoms with Crippen LogP contribution in [-0.4, -0.2) is 64.0 Å². The number of benzene rings is 2. The first-order valence-corrected chi connectivity index (χ1v) is 12.1. The maximum absolute atomic E-state index is 13.8. The smallest absolute Gasteiger partial charge is 1.00 e. The number of carbonyl (C=O) groups excluding carboxylic acids is 4. The number of H-pyrrole nitrogens is 1. The van der Waals surface area contributed by atoms with E-state index >= 15 is 0 Å². The first-order chi connectivity index (χ1) is 21.6. The van der Waals surface area contributed by atoms with Gasteiger partial charge in [0.2, 0.25) is 0 Å². The number of aliphatic carboxylic acids is 1. The average Bonchev–Trinajstić information content (AvgIpc) is 3.74. The average molecular weight is 799 g/mol. The Morgan fingerprint density at radius 3 is 1.66 bits per heavy atom. The van der Waals surface area contributed by atoms with Gasteiger partial charge in [0.15, 0.2) is 0 Å². The first kappa shape index (κ1) is 55.6. The third-order valence-electron chi connectivity index (χ3n) is 4.97. The summed E-state index contributed by atoms with van der Waals surface area (Å²) >= 11 is 3.87. The Balaban J connectivity index is -0.000000201. The van der Waals surface area contributed by atoms with Crippen LogP contribution in [0.4, 0.5) is 26.3 Å². The molecule has 0 radical (unpaired) electrons. The Morgan fingerprint density at radius 2 is 1.38 bits per heavy atom. The summed E-state index contributed by atoms with van der Waals surface area (Å²) in [5, 5.41) is 23.0. The van der Waals surface area contributed by atoms with Crippen LogP contribution in [0.1, 0.15) is 36.1 Å². The van der Waals surface area contributed by atoms with Crippen LogP contribution in [0.5, 0.6) is 0 Å². The SMILES string of the molecule is C.COC(=O)c1ccc(-c2cn[nH]c2)c(F)c1.COC(=O)c1ccc(-c2cnn(C(F)F)c2)c(F)c1.O=C([O-])C(F)(F)Cl.O=CO[O-].[H-].[K+].[K+].[Na+]. The van der Waals surface area contributed by atoms with Crippen molar-refractivity contribution in [2.45, 2.75) is 19.4 Å². The molecule has 0 spiro atoms. The van der Waals surface area contributed by atoms with E-state index in [4.69, 9.17) is 20.0 Å².